The van der Waals surface area contributed by atoms with Gasteiger partial charge in [-0.25, -0.2) is 19.9 Å². The number of nitrogen functional groups attached to an aromatic ring is 1. The average Bonchev–Trinajstić information content (AvgIpc) is 2.90. The van der Waals surface area contributed by atoms with Gasteiger partial charge in [0.25, 0.3) is 0 Å². The lowest BCUT2D eigenvalue weighted by atomic mass is 10.4. The summed E-state index contributed by atoms with van der Waals surface area (Å²) in [6.45, 7) is 0.810. The zero-order chi connectivity index (χ0) is 14.7. The van der Waals surface area contributed by atoms with E-state index in [4.69, 9.17) is 17.3 Å². The topological polar surface area (TPSA) is 82.5 Å². The molecule has 3 aromatic rings. The van der Waals surface area contributed by atoms with Gasteiger partial charge in [-0.15, -0.1) is 11.8 Å². The van der Waals surface area contributed by atoms with E-state index in [1.165, 1.54) is 6.33 Å². The van der Waals surface area contributed by atoms with Crippen molar-refractivity contribution in [3.8, 4) is 0 Å². The Hall–Kier alpha value is -1.86. The molecule has 0 unspecified atom stereocenters. The molecule has 0 aromatic carbocycles. The first-order valence-electron chi connectivity index (χ1n) is 6.40. The first-order valence-corrected chi connectivity index (χ1v) is 7.76. The van der Waals surface area contributed by atoms with Crippen molar-refractivity contribution >= 4 is 40.3 Å². The van der Waals surface area contributed by atoms with Crippen molar-refractivity contribution in [3.05, 3.63) is 36.0 Å². The Kier molecular flexibility index (Phi) is 4.21. The summed E-state index contributed by atoms with van der Waals surface area (Å²) in [5.41, 5.74) is 7.18. The van der Waals surface area contributed by atoms with E-state index in [9.17, 15) is 0 Å². The summed E-state index contributed by atoms with van der Waals surface area (Å²) < 4.78 is 1.98. The van der Waals surface area contributed by atoms with E-state index in [2.05, 4.69) is 19.9 Å². The zero-order valence-corrected chi connectivity index (χ0v) is 12.7. The highest BCUT2D eigenvalue weighted by molar-refractivity contribution is 7.99. The van der Waals surface area contributed by atoms with Crippen molar-refractivity contribution < 1.29 is 0 Å². The van der Waals surface area contributed by atoms with Crippen molar-refractivity contribution in [2.24, 2.45) is 0 Å². The molecular weight excluding hydrogens is 308 g/mol. The number of hydrogen-bond donors (Lipinski definition) is 1. The monoisotopic (exact) mass is 320 g/mol. The van der Waals surface area contributed by atoms with Gasteiger partial charge in [0.1, 0.15) is 16.9 Å². The second-order valence-corrected chi connectivity index (χ2v) is 5.85. The van der Waals surface area contributed by atoms with Gasteiger partial charge in [-0.3, -0.25) is 0 Å². The Morgan fingerprint density at radius 2 is 2.14 bits per heavy atom. The molecule has 0 aliphatic carbocycles. The molecule has 0 fully saturated rings. The van der Waals surface area contributed by atoms with Crippen molar-refractivity contribution in [2.75, 3.05) is 11.5 Å². The third-order valence-electron chi connectivity index (χ3n) is 2.94. The lowest BCUT2D eigenvalue weighted by Crippen LogP contribution is -2.00. The molecule has 0 aliphatic heterocycles. The molecule has 3 rings (SSSR count). The lowest BCUT2D eigenvalue weighted by Gasteiger charge is -2.04. The van der Waals surface area contributed by atoms with Gasteiger partial charge < -0.3 is 10.3 Å². The lowest BCUT2D eigenvalue weighted by molar-refractivity contribution is 0.696. The maximum absolute atomic E-state index is 6.07. The molecule has 0 aliphatic rings. The molecule has 0 saturated carbocycles. The molecular formula is C13H13ClN6S. The van der Waals surface area contributed by atoms with Crippen LogP contribution in [0.3, 0.4) is 0 Å². The number of nitrogens with two attached hydrogens (primary N) is 1. The minimum atomic E-state index is 0.411. The summed E-state index contributed by atoms with van der Waals surface area (Å²) in [6.07, 6.45) is 5.90. The number of imidazole rings is 1. The number of pyridine rings is 1. The highest BCUT2D eigenvalue weighted by atomic mass is 35.5. The molecule has 3 heterocycles. The minimum Gasteiger partial charge on any atom is -0.382 e. The third-order valence-corrected chi connectivity index (χ3v) is 4.44. The molecule has 8 heteroatoms. The molecule has 3 aromatic heterocycles. The predicted octanol–water partition coefficient (Wildman–Crippen LogP) is 2.64. The van der Waals surface area contributed by atoms with Gasteiger partial charge in [0.2, 0.25) is 0 Å². The minimum absolute atomic E-state index is 0.411. The molecule has 0 atom stereocenters. The number of aryl methyl sites for hydroxylation is 1. The molecule has 0 amide bonds. The van der Waals surface area contributed by atoms with E-state index < -0.39 is 0 Å². The summed E-state index contributed by atoms with van der Waals surface area (Å²) in [5.74, 6) is 1.32. The molecule has 21 heavy (non-hydrogen) atoms. The van der Waals surface area contributed by atoms with Gasteiger partial charge in [0.05, 0.1) is 11.3 Å². The molecule has 0 bridgehead atoms. The number of fused-ring (bicyclic) bond motifs is 1. The second-order valence-electron chi connectivity index (χ2n) is 4.36. The number of aromatic nitrogens is 5. The molecule has 0 saturated heterocycles. The van der Waals surface area contributed by atoms with Crippen molar-refractivity contribution in [1.82, 2.24) is 24.5 Å². The van der Waals surface area contributed by atoms with Gasteiger partial charge in [0.15, 0.2) is 11.5 Å². The summed E-state index contributed by atoms with van der Waals surface area (Å²) in [4.78, 5) is 16.6. The second kappa shape index (κ2) is 6.28. The van der Waals surface area contributed by atoms with Crippen LogP contribution in [-0.4, -0.2) is 30.3 Å². The Balaban J connectivity index is 1.60. The Bertz CT molecular complexity index is 759. The van der Waals surface area contributed by atoms with Crippen LogP contribution in [0.25, 0.3) is 11.2 Å². The van der Waals surface area contributed by atoms with Gasteiger partial charge in [-0.05, 0) is 18.6 Å². The number of hydrogen-bond acceptors (Lipinski definition) is 6. The fraction of sp³-hybridized carbons (Fsp3) is 0.231. The standard InChI is InChI=1S/C13H13ClN6S/c14-9-3-1-4-16-13(9)21-6-2-5-20-8-19-10-11(15)17-7-18-12(10)20/h1,3-4,7-8H,2,5-6H2,(H2,15,17,18). The molecule has 0 spiro atoms. The van der Waals surface area contributed by atoms with E-state index in [0.29, 0.717) is 16.4 Å². The Labute approximate surface area is 130 Å². The SMILES string of the molecule is Nc1ncnc2c1ncn2CCCSc1ncccc1Cl. The van der Waals surface area contributed by atoms with Crippen LogP contribution >= 0.6 is 23.4 Å². The summed E-state index contributed by atoms with van der Waals surface area (Å²) in [7, 11) is 0. The normalized spacial score (nSPS) is 11.1. The van der Waals surface area contributed by atoms with Crippen molar-refractivity contribution in [3.63, 3.8) is 0 Å². The van der Waals surface area contributed by atoms with Crippen molar-refractivity contribution in [2.45, 2.75) is 18.0 Å². The summed E-state index contributed by atoms with van der Waals surface area (Å²) in [6, 6.07) is 3.67. The predicted molar refractivity (Wildman–Crippen MR) is 84.3 cm³/mol. The maximum Gasteiger partial charge on any atom is 0.165 e. The van der Waals surface area contributed by atoms with Crippen LogP contribution in [0.4, 0.5) is 5.82 Å². The third kappa shape index (κ3) is 3.08. The Morgan fingerprint density at radius 1 is 1.24 bits per heavy atom. The van der Waals surface area contributed by atoms with Gasteiger partial charge in [-0.2, -0.15) is 0 Å². The summed E-state index contributed by atoms with van der Waals surface area (Å²) in [5, 5.41) is 1.55. The Morgan fingerprint density at radius 3 is 3.00 bits per heavy atom. The van der Waals surface area contributed by atoms with Gasteiger partial charge in [0, 0.05) is 18.5 Å². The highest BCUT2D eigenvalue weighted by Gasteiger charge is 2.07. The van der Waals surface area contributed by atoms with Crippen LogP contribution in [0, 0.1) is 0 Å². The maximum atomic E-state index is 6.07. The fourth-order valence-electron chi connectivity index (χ4n) is 1.94. The zero-order valence-electron chi connectivity index (χ0n) is 11.1. The quantitative estimate of drug-likeness (QED) is 0.575. The summed E-state index contributed by atoms with van der Waals surface area (Å²) >= 11 is 7.71. The van der Waals surface area contributed by atoms with Crippen LogP contribution in [-0.2, 0) is 6.54 Å². The van der Waals surface area contributed by atoms with E-state index in [-0.39, 0.29) is 0 Å². The number of anilines is 1. The van der Waals surface area contributed by atoms with Crippen LogP contribution < -0.4 is 5.73 Å². The number of thioether (sulfide) groups is 1. The first-order chi connectivity index (χ1) is 10.3. The van der Waals surface area contributed by atoms with Crippen LogP contribution in [0.2, 0.25) is 5.02 Å². The van der Waals surface area contributed by atoms with Gasteiger partial charge >= 0.3 is 0 Å². The van der Waals surface area contributed by atoms with E-state index in [1.807, 2.05) is 16.7 Å². The van der Waals surface area contributed by atoms with Crippen LogP contribution in [0.15, 0.2) is 36.0 Å². The average molecular weight is 321 g/mol. The molecule has 2 N–H and O–H groups in total. The molecule has 0 radical (unpaired) electrons. The van der Waals surface area contributed by atoms with Gasteiger partial charge in [-0.1, -0.05) is 11.6 Å². The highest BCUT2D eigenvalue weighted by Crippen LogP contribution is 2.24. The van der Waals surface area contributed by atoms with E-state index in [0.717, 1.165) is 29.4 Å². The first kappa shape index (κ1) is 14.1. The fourth-order valence-corrected chi connectivity index (χ4v) is 3.04. The number of nitrogens with zero attached hydrogens (tertiary/aromatic N) is 5. The number of rotatable bonds is 5. The van der Waals surface area contributed by atoms with E-state index in [1.54, 1.807) is 24.3 Å². The number of halogens is 1. The van der Waals surface area contributed by atoms with Crippen molar-refractivity contribution in [1.29, 1.82) is 0 Å². The molecule has 6 nitrogen and oxygen atoms in total. The largest absolute Gasteiger partial charge is 0.382 e. The van der Waals surface area contributed by atoms with Crippen LogP contribution in [0.5, 0.6) is 0 Å². The smallest absolute Gasteiger partial charge is 0.165 e. The van der Waals surface area contributed by atoms with Crippen LogP contribution in [0.1, 0.15) is 6.42 Å². The molecule has 108 valence electrons. The van der Waals surface area contributed by atoms with E-state index >= 15 is 0 Å².